The van der Waals surface area contributed by atoms with Crippen LogP contribution in [-0.2, 0) is 16.6 Å². The second kappa shape index (κ2) is 8.70. The smallest absolute Gasteiger partial charge is 0.270 e. The Kier molecular flexibility index (Phi) is 5.93. The summed E-state index contributed by atoms with van der Waals surface area (Å²) in [7, 11) is 0. The predicted octanol–water partition coefficient (Wildman–Crippen LogP) is 2.85. The fraction of sp³-hybridized carbons (Fsp3) is 0.381. The second-order valence-electron chi connectivity index (χ2n) is 8.64. The maximum atomic E-state index is 12.8. The molecule has 0 radical (unpaired) electrons. The maximum Gasteiger partial charge on any atom is 0.270 e. The predicted molar refractivity (Wildman–Crippen MR) is 120 cm³/mol. The van der Waals surface area contributed by atoms with Crippen molar-refractivity contribution in [2.45, 2.75) is 52.0 Å². The minimum absolute atomic E-state index is 0.144. The maximum absolute atomic E-state index is 12.8. The minimum Gasteiger partial charge on any atom is -0.359 e. The summed E-state index contributed by atoms with van der Waals surface area (Å²) in [6.07, 6.45) is 3.35. The van der Waals surface area contributed by atoms with Gasteiger partial charge in [-0.2, -0.15) is 0 Å². The lowest BCUT2D eigenvalue weighted by Gasteiger charge is -2.18. The quantitative estimate of drug-likeness (QED) is 0.516. The summed E-state index contributed by atoms with van der Waals surface area (Å²) in [5.41, 5.74) is 0.584. The van der Waals surface area contributed by atoms with Gasteiger partial charge in [-0.05, 0) is 13.3 Å². The van der Waals surface area contributed by atoms with Crippen LogP contribution in [0.3, 0.4) is 0 Å². The summed E-state index contributed by atoms with van der Waals surface area (Å²) in [4.78, 5) is 49.7. The lowest BCUT2D eigenvalue weighted by atomic mass is 9.93. The molecule has 1 atom stereocenters. The number of carbonyl (C=O) groups is 3. The minimum atomic E-state index is -0.465. The van der Waals surface area contributed by atoms with Gasteiger partial charge in [0.25, 0.3) is 11.8 Å². The normalized spacial score (nSPS) is 14.2. The summed E-state index contributed by atoms with van der Waals surface area (Å²) in [6.45, 7) is 7.72. The van der Waals surface area contributed by atoms with E-state index in [0.717, 1.165) is 11.3 Å². The molecular weight excluding hydrogens is 446 g/mol. The van der Waals surface area contributed by atoms with Gasteiger partial charge in [-0.3, -0.25) is 14.4 Å². The Labute approximate surface area is 193 Å². The van der Waals surface area contributed by atoms with Crippen LogP contribution in [-0.4, -0.2) is 37.8 Å². The average molecular weight is 470 g/mol. The van der Waals surface area contributed by atoms with Crippen LogP contribution in [0, 0.1) is 0 Å². The molecule has 3 amide bonds. The monoisotopic (exact) mass is 469 g/mol. The van der Waals surface area contributed by atoms with Gasteiger partial charge in [0.1, 0.15) is 33.5 Å². The van der Waals surface area contributed by atoms with Crippen molar-refractivity contribution in [1.82, 2.24) is 25.4 Å². The molecule has 3 aromatic heterocycles. The third kappa shape index (κ3) is 4.90. The summed E-state index contributed by atoms with van der Waals surface area (Å²) in [5, 5.41) is 12.6. The Bertz CT molecular complexity index is 1230. The first kappa shape index (κ1) is 22.5. The lowest BCUT2D eigenvalue weighted by Crippen LogP contribution is -2.30. The number of hydrogen-bond donors (Lipinski definition) is 3. The number of carbonyl (C=O) groups excluding carboxylic acids is 3. The van der Waals surface area contributed by atoms with Crippen LogP contribution in [0.4, 0.5) is 11.6 Å². The van der Waals surface area contributed by atoms with Crippen molar-refractivity contribution in [3.63, 3.8) is 0 Å². The van der Waals surface area contributed by atoms with Crippen molar-refractivity contribution < 1.29 is 18.9 Å². The number of nitrogens with one attached hydrogen (secondary N) is 3. The third-order valence-electron chi connectivity index (χ3n) is 4.98. The molecule has 0 bridgehead atoms. The molecule has 172 valence electrons. The highest BCUT2D eigenvalue weighted by Gasteiger charge is 2.25. The molecule has 33 heavy (non-hydrogen) atoms. The Balaban J connectivity index is 1.42. The van der Waals surface area contributed by atoms with Crippen molar-refractivity contribution in [2.75, 3.05) is 10.6 Å². The fourth-order valence-corrected chi connectivity index (χ4v) is 3.99. The first-order valence-electron chi connectivity index (χ1n) is 10.3. The molecule has 0 spiro atoms. The van der Waals surface area contributed by atoms with E-state index in [9.17, 15) is 14.4 Å². The van der Waals surface area contributed by atoms with Crippen LogP contribution in [0.5, 0.6) is 0 Å². The van der Waals surface area contributed by atoms with Gasteiger partial charge in [0.15, 0.2) is 5.82 Å². The van der Waals surface area contributed by atoms with E-state index in [-0.39, 0.29) is 29.3 Å². The van der Waals surface area contributed by atoms with E-state index in [1.165, 1.54) is 12.5 Å². The van der Waals surface area contributed by atoms with Gasteiger partial charge in [0, 0.05) is 23.5 Å². The Morgan fingerprint density at radius 1 is 1.18 bits per heavy atom. The Hall–Kier alpha value is -3.67. The molecule has 0 fully saturated rings. The van der Waals surface area contributed by atoms with Crippen LogP contribution in [0.15, 0.2) is 23.1 Å². The summed E-state index contributed by atoms with van der Waals surface area (Å²) in [6, 6.07) is 1.22. The van der Waals surface area contributed by atoms with Gasteiger partial charge in [-0.15, -0.1) is 11.3 Å². The lowest BCUT2D eigenvalue weighted by molar-refractivity contribution is -0.116. The molecule has 1 aliphatic heterocycles. The van der Waals surface area contributed by atoms with Crippen LogP contribution < -0.4 is 16.0 Å². The fourth-order valence-electron chi connectivity index (χ4n) is 3.17. The van der Waals surface area contributed by atoms with E-state index in [4.69, 9.17) is 4.52 Å². The van der Waals surface area contributed by atoms with Gasteiger partial charge in [-0.1, -0.05) is 25.9 Å². The van der Waals surface area contributed by atoms with E-state index in [0.29, 0.717) is 39.3 Å². The molecule has 0 aromatic carbocycles. The van der Waals surface area contributed by atoms with Crippen LogP contribution >= 0.6 is 11.3 Å². The summed E-state index contributed by atoms with van der Waals surface area (Å²) in [5.74, 6) is 0.416. The van der Waals surface area contributed by atoms with Gasteiger partial charge in [0.05, 0.1) is 12.2 Å². The van der Waals surface area contributed by atoms with E-state index >= 15 is 0 Å². The molecule has 3 aromatic rings. The number of fused-ring (bicyclic) bond motifs is 1. The van der Waals surface area contributed by atoms with Gasteiger partial charge < -0.3 is 20.5 Å². The first-order chi connectivity index (χ1) is 15.6. The largest absolute Gasteiger partial charge is 0.359 e. The number of nitrogens with zero attached hydrogens (tertiary/aromatic N) is 4. The SMILES string of the molecule is C[C@@H](NC(=O)c1ncnc2c1CCC(=O)N2)c1ncc(C(=O)Nc2cc(C(C)(C)C)on2)s1. The van der Waals surface area contributed by atoms with Crippen LogP contribution in [0.2, 0.25) is 0 Å². The zero-order chi connectivity index (χ0) is 23.8. The Morgan fingerprint density at radius 3 is 2.70 bits per heavy atom. The van der Waals surface area contributed by atoms with E-state index in [1.54, 1.807) is 13.0 Å². The molecular formula is C21H23N7O4S. The Morgan fingerprint density at radius 2 is 1.97 bits per heavy atom. The molecule has 0 unspecified atom stereocenters. The van der Waals surface area contributed by atoms with Crippen molar-refractivity contribution in [1.29, 1.82) is 0 Å². The summed E-state index contributed by atoms with van der Waals surface area (Å²) < 4.78 is 5.28. The number of amides is 3. The van der Waals surface area contributed by atoms with Gasteiger partial charge in [0.2, 0.25) is 5.91 Å². The molecule has 4 heterocycles. The number of aromatic nitrogens is 4. The number of rotatable bonds is 5. The molecule has 0 aliphatic carbocycles. The first-order valence-corrected chi connectivity index (χ1v) is 11.1. The highest BCUT2D eigenvalue weighted by Crippen LogP contribution is 2.26. The van der Waals surface area contributed by atoms with Crippen molar-refractivity contribution in [3.05, 3.63) is 45.5 Å². The zero-order valence-corrected chi connectivity index (χ0v) is 19.4. The molecule has 11 nitrogen and oxygen atoms in total. The van der Waals surface area contributed by atoms with E-state index in [1.807, 2.05) is 20.8 Å². The van der Waals surface area contributed by atoms with Gasteiger partial charge >= 0.3 is 0 Å². The van der Waals surface area contributed by atoms with Crippen molar-refractivity contribution in [3.8, 4) is 0 Å². The summed E-state index contributed by atoms with van der Waals surface area (Å²) >= 11 is 1.16. The van der Waals surface area contributed by atoms with Crippen molar-refractivity contribution in [2.24, 2.45) is 0 Å². The number of anilines is 2. The topological polar surface area (TPSA) is 152 Å². The molecule has 12 heteroatoms. The molecule has 0 saturated heterocycles. The molecule has 4 rings (SSSR count). The number of hydrogen-bond acceptors (Lipinski definition) is 9. The standard InChI is InChI=1S/C21H23N7O4S/c1-10(25-19(31)16-11-5-6-15(29)27-17(11)24-9-23-16)20-22-8-12(33-20)18(30)26-14-7-13(32-28-14)21(2,3)4/h7-10H,5-6H2,1-4H3,(H,25,31)(H,26,28,30)(H,23,24,27,29)/t10-/m1/s1. The third-order valence-corrected chi connectivity index (χ3v) is 6.16. The average Bonchev–Trinajstić information content (AvgIpc) is 3.43. The molecule has 1 aliphatic rings. The van der Waals surface area contributed by atoms with Crippen LogP contribution in [0.25, 0.3) is 0 Å². The highest BCUT2D eigenvalue weighted by atomic mass is 32.1. The van der Waals surface area contributed by atoms with Gasteiger partial charge in [-0.25, -0.2) is 15.0 Å². The van der Waals surface area contributed by atoms with Crippen molar-refractivity contribution >= 4 is 40.7 Å². The van der Waals surface area contributed by atoms with Crippen LogP contribution in [0.1, 0.15) is 76.6 Å². The number of thiazole rings is 1. The second-order valence-corrected chi connectivity index (χ2v) is 9.70. The molecule has 3 N–H and O–H groups in total. The molecule has 0 saturated carbocycles. The highest BCUT2D eigenvalue weighted by molar-refractivity contribution is 7.13. The van der Waals surface area contributed by atoms with E-state index in [2.05, 4.69) is 36.1 Å². The zero-order valence-electron chi connectivity index (χ0n) is 18.6. The van der Waals surface area contributed by atoms with E-state index < -0.39 is 11.9 Å².